The summed E-state index contributed by atoms with van der Waals surface area (Å²) < 4.78 is 23.1. The first kappa shape index (κ1) is 30.9. The molecule has 6 rings (SSSR count). The van der Waals surface area contributed by atoms with Gasteiger partial charge < -0.3 is 40.0 Å². The molecule has 0 aromatic carbocycles. The van der Waals surface area contributed by atoms with Crippen molar-refractivity contribution in [2.75, 3.05) is 13.7 Å². The van der Waals surface area contributed by atoms with Gasteiger partial charge in [-0.05, 0) is 81.6 Å². The number of amides is 2. The molecular formula is C31H47N3O9. The number of hydrazone groups is 1. The van der Waals surface area contributed by atoms with Crippen molar-refractivity contribution in [1.82, 2.24) is 5.43 Å². The number of aliphatic hydroxyl groups is 3. The zero-order valence-electron chi connectivity index (χ0n) is 25.4. The quantitative estimate of drug-likeness (QED) is 0.131. The molecule has 2 aliphatic heterocycles. The minimum atomic E-state index is -1.20. The van der Waals surface area contributed by atoms with Gasteiger partial charge in [-0.3, -0.25) is 0 Å². The lowest BCUT2D eigenvalue weighted by Gasteiger charge is -2.66. The number of esters is 1. The number of carbonyl (C=O) groups is 2. The minimum Gasteiger partial charge on any atom is -0.458 e. The Morgan fingerprint density at radius 2 is 1.93 bits per heavy atom. The maximum absolute atomic E-state index is 12.6. The van der Waals surface area contributed by atoms with Crippen LogP contribution in [0.15, 0.2) is 16.8 Å². The van der Waals surface area contributed by atoms with E-state index in [1.165, 1.54) is 0 Å². The van der Waals surface area contributed by atoms with Crippen molar-refractivity contribution in [2.45, 2.75) is 120 Å². The summed E-state index contributed by atoms with van der Waals surface area (Å²) in [4.78, 5) is 23.5. The fraction of sp³-hybridized carbons (Fsp3) is 0.839. The molecule has 0 aromatic rings. The molecule has 6 N–H and O–H groups in total. The van der Waals surface area contributed by atoms with Gasteiger partial charge in [-0.25, -0.2) is 15.0 Å². The number of nitrogens with one attached hydrogen (secondary N) is 1. The van der Waals surface area contributed by atoms with Crippen LogP contribution < -0.4 is 11.2 Å². The van der Waals surface area contributed by atoms with Crippen molar-refractivity contribution in [2.24, 2.45) is 39.4 Å². The second-order valence-corrected chi connectivity index (χ2v) is 14.1. The number of urea groups is 1. The Hall–Kier alpha value is -2.09. The van der Waals surface area contributed by atoms with Gasteiger partial charge >= 0.3 is 12.0 Å². The predicted molar refractivity (Wildman–Crippen MR) is 153 cm³/mol. The lowest BCUT2D eigenvalue weighted by molar-refractivity contribution is -0.284. The summed E-state index contributed by atoms with van der Waals surface area (Å²) in [6.45, 7) is 4.23. The van der Waals surface area contributed by atoms with E-state index in [9.17, 15) is 24.9 Å². The summed E-state index contributed by atoms with van der Waals surface area (Å²) in [6.07, 6.45) is 6.66. The Balaban J connectivity index is 1.27. The lowest BCUT2D eigenvalue weighted by atomic mass is 9.41. The van der Waals surface area contributed by atoms with Gasteiger partial charge in [0, 0.05) is 43.1 Å². The summed E-state index contributed by atoms with van der Waals surface area (Å²) in [7, 11) is 1.56. The topological polar surface area (TPSA) is 182 Å². The van der Waals surface area contributed by atoms with E-state index in [-0.39, 0.29) is 36.4 Å². The first-order valence-corrected chi connectivity index (χ1v) is 15.8. The van der Waals surface area contributed by atoms with Crippen molar-refractivity contribution in [3.8, 4) is 0 Å². The zero-order valence-corrected chi connectivity index (χ0v) is 25.4. The van der Waals surface area contributed by atoms with Crippen LogP contribution in [0.25, 0.3) is 0 Å². The third-order valence-electron chi connectivity index (χ3n) is 12.4. The smallest absolute Gasteiger partial charge is 0.332 e. The number of carbonyl (C=O) groups excluding carboxylic acids is 2. The van der Waals surface area contributed by atoms with E-state index in [0.29, 0.717) is 44.9 Å². The number of rotatable bonds is 6. The van der Waals surface area contributed by atoms with Crippen LogP contribution in [0.4, 0.5) is 4.79 Å². The summed E-state index contributed by atoms with van der Waals surface area (Å²) in [5.74, 6) is -0.442. The van der Waals surface area contributed by atoms with Crippen molar-refractivity contribution in [3.63, 3.8) is 0 Å². The van der Waals surface area contributed by atoms with E-state index in [2.05, 4.69) is 17.5 Å². The van der Waals surface area contributed by atoms with E-state index in [1.807, 2.05) is 0 Å². The summed E-state index contributed by atoms with van der Waals surface area (Å²) >= 11 is 0. The predicted octanol–water partition coefficient (Wildman–Crippen LogP) is 1.89. The van der Waals surface area contributed by atoms with Gasteiger partial charge in [0.25, 0.3) is 0 Å². The molecule has 0 radical (unpaired) electrons. The summed E-state index contributed by atoms with van der Waals surface area (Å²) in [6, 6.07) is -0.783. The summed E-state index contributed by atoms with van der Waals surface area (Å²) in [5, 5.41) is 39.7. The molecule has 5 fully saturated rings. The van der Waals surface area contributed by atoms with Gasteiger partial charge in [0.1, 0.15) is 12.7 Å². The number of fused-ring (bicyclic) bond motifs is 5. The molecule has 12 atom stereocenters. The van der Waals surface area contributed by atoms with Crippen molar-refractivity contribution in [1.29, 1.82) is 0 Å². The first-order chi connectivity index (χ1) is 20.4. The number of hydrogen-bond acceptors (Lipinski definition) is 10. The number of nitrogens with two attached hydrogens (primary N) is 1. The highest BCUT2D eigenvalue weighted by Crippen LogP contribution is 2.70. The van der Waals surface area contributed by atoms with Gasteiger partial charge in [-0.15, -0.1) is 0 Å². The van der Waals surface area contributed by atoms with Crippen LogP contribution in [0.1, 0.15) is 78.1 Å². The molecule has 0 unspecified atom stereocenters. The number of ether oxygens (including phenoxy) is 4. The number of methoxy groups -OCH3 is 1. The third kappa shape index (κ3) is 4.84. The van der Waals surface area contributed by atoms with Gasteiger partial charge in [-0.1, -0.05) is 6.92 Å². The lowest BCUT2D eigenvalue weighted by Crippen LogP contribution is -2.69. The first-order valence-electron chi connectivity index (χ1n) is 15.8. The van der Waals surface area contributed by atoms with E-state index < -0.39 is 52.7 Å². The molecule has 240 valence electrons. The molecule has 0 aromatic heterocycles. The van der Waals surface area contributed by atoms with E-state index in [0.717, 1.165) is 24.8 Å². The Morgan fingerprint density at radius 1 is 1.16 bits per heavy atom. The second kappa shape index (κ2) is 11.1. The molecule has 2 heterocycles. The van der Waals surface area contributed by atoms with Crippen LogP contribution in [-0.2, 0) is 23.7 Å². The Kier molecular flexibility index (Phi) is 7.95. The van der Waals surface area contributed by atoms with E-state index >= 15 is 0 Å². The Morgan fingerprint density at radius 3 is 2.63 bits per heavy atom. The van der Waals surface area contributed by atoms with Crippen LogP contribution >= 0.6 is 0 Å². The monoisotopic (exact) mass is 605 g/mol. The Labute approximate surface area is 252 Å². The number of aliphatic hydroxyl groups excluding tert-OH is 1. The molecule has 0 bridgehead atoms. The number of primary amides is 1. The minimum absolute atomic E-state index is 0.0586. The third-order valence-corrected chi connectivity index (χ3v) is 12.4. The highest BCUT2D eigenvalue weighted by atomic mass is 16.7. The van der Waals surface area contributed by atoms with Gasteiger partial charge in [0.15, 0.2) is 6.29 Å². The molecule has 12 heteroatoms. The molecule has 4 saturated carbocycles. The fourth-order valence-corrected chi connectivity index (χ4v) is 10.2. The van der Waals surface area contributed by atoms with Gasteiger partial charge in [-0.2, -0.15) is 5.10 Å². The van der Waals surface area contributed by atoms with Crippen molar-refractivity contribution >= 4 is 18.2 Å². The average molecular weight is 606 g/mol. The van der Waals surface area contributed by atoms with E-state index in [4.69, 9.17) is 24.7 Å². The average Bonchev–Trinajstić information content (AvgIpc) is 3.50. The summed E-state index contributed by atoms with van der Waals surface area (Å²) in [5.41, 5.74) is 5.22. The largest absolute Gasteiger partial charge is 0.458 e. The highest BCUT2D eigenvalue weighted by molar-refractivity contribution is 5.85. The molecule has 1 saturated heterocycles. The van der Waals surface area contributed by atoms with Crippen LogP contribution in [-0.4, -0.2) is 89.2 Å². The standard InChI is InChI=1S/C31H47N3O9/c1-17-26(36)23(40-3)13-25(42-17)43-19-4-9-29(16-33-34-27(32)37)21-5-8-28(2)20(18-12-24(35)41-15-18)7-11-31(28,39)22(21)6-10-30(29,38)14-19/h12,16-17,19-23,25-26,36,38-39H,4-11,13-15H2,1-3H3,(H3,32,34,37)/b33-16-/t17-,19-,20+,21+,22-,23-,25+,26-,28-,29+,30+,31+/m1/s1. The number of cyclic esters (lactones) is 1. The van der Waals surface area contributed by atoms with E-state index in [1.54, 1.807) is 26.3 Å². The van der Waals surface area contributed by atoms with Crippen molar-refractivity contribution < 1.29 is 43.9 Å². The normalized spacial score (nSPS) is 49.5. The van der Waals surface area contributed by atoms with Crippen LogP contribution in [0.5, 0.6) is 0 Å². The molecule has 0 spiro atoms. The van der Waals surface area contributed by atoms with Crippen LogP contribution in [0.2, 0.25) is 0 Å². The van der Waals surface area contributed by atoms with Crippen molar-refractivity contribution in [3.05, 3.63) is 11.6 Å². The number of hydrogen-bond donors (Lipinski definition) is 5. The fourth-order valence-electron chi connectivity index (χ4n) is 10.2. The van der Waals surface area contributed by atoms with Crippen LogP contribution in [0, 0.1) is 28.6 Å². The molecule has 6 aliphatic rings. The Bertz CT molecular complexity index is 1180. The number of nitrogens with zero attached hydrogens (tertiary/aromatic N) is 1. The molecule has 12 nitrogen and oxygen atoms in total. The molecular weight excluding hydrogens is 558 g/mol. The molecule has 43 heavy (non-hydrogen) atoms. The zero-order chi connectivity index (χ0) is 30.8. The van der Waals surface area contributed by atoms with Gasteiger partial charge in [0.2, 0.25) is 0 Å². The second-order valence-electron chi connectivity index (χ2n) is 14.1. The van der Waals surface area contributed by atoms with Gasteiger partial charge in [0.05, 0.1) is 29.5 Å². The molecule has 2 amide bonds. The SMILES string of the molecule is CO[C@@H]1C[C@H](O[C@@H]2CC[C@]3(/C=N\NC(N)=O)[C@H]4CC[C@]5(C)[C@H](C6=CC(=O)OC6)CC[C@]5(O)[C@@H]4CC[C@]3(O)C2)O[C@H](C)[C@H]1O. The maximum atomic E-state index is 12.6. The highest BCUT2D eigenvalue weighted by Gasteiger charge is 2.71. The maximum Gasteiger partial charge on any atom is 0.332 e. The molecule has 4 aliphatic carbocycles. The van der Waals surface area contributed by atoms with Crippen LogP contribution in [0.3, 0.4) is 0 Å².